The molecule has 0 saturated heterocycles. The summed E-state index contributed by atoms with van der Waals surface area (Å²) in [5.74, 6) is -0.928. The van der Waals surface area contributed by atoms with E-state index in [9.17, 15) is 9.59 Å². The molecule has 0 atom stereocenters. The second-order valence-electron chi connectivity index (χ2n) is 4.50. The fourth-order valence-corrected chi connectivity index (χ4v) is 1.96. The molecule has 0 aliphatic heterocycles. The molecule has 0 bridgehead atoms. The molecule has 5 heteroatoms. The van der Waals surface area contributed by atoms with Crippen LogP contribution in [0.15, 0.2) is 48.5 Å². The van der Waals surface area contributed by atoms with E-state index in [0.717, 1.165) is 5.69 Å². The number of para-hydroxylation sites is 1. The van der Waals surface area contributed by atoms with Crippen LogP contribution in [0.25, 0.3) is 0 Å². The Morgan fingerprint density at radius 3 is 2.43 bits per heavy atom. The first-order valence-corrected chi connectivity index (χ1v) is 6.73. The summed E-state index contributed by atoms with van der Waals surface area (Å²) in [6.07, 6.45) is 0. The fraction of sp³-hybridized carbons (Fsp3) is 0.188. The number of hydrogen-bond acceptors (Lipinski definition) is 3. The topological polar surface area (TPSA) is 62.3 Å². The molecule has 1 aromatic carbocycles. The molecular formula is C16H17N3O2. The maximum absolute atomic E-state index is 12.3. The Labute approximate surface area is 123 Å². The van der Waals surface area contributed by atoms with Crippen LogP contribution in [-0.4, -0.2) is 23.3 Å². The molecule has 0 saturated carbocycles. The molecule has 0 unspecified atom stereocenters. The Bertz CT molecular complexity index is 641. The highest BCUT2D eigenvalue weighted by atomic mass is 16.2. The Hall–Kier alpha value is -2.69. The maximum Gasteiger partial charge on any atom is 0.316 e. The summed E-state index contributed by atoms with van der Waals surface area (Å²) in [6.45, 7) is 4.06. The summed E-state index contributed by atoms with van der Waals surface area (Å²) in [5, 5.41) is 2.53. The second-order valence-corrected chi connectivity index (χ2v) is 4.50. The Morgan fingerprint density at radius 2 is 1.81 bits per heavy atom. The highest BCUT2D eigenvalue weighted by Crippen LogP contribution is 2.13. The minimum absolute atomic E-state index is 0.373. The van der Waals surface area contributed by atoms with Crippen LogP contribution in [0.2, 0.25) is 0 Å². The summed E-state index contributed by atoms with van der Waals surface area (Å²) in [6, 6.07) is 14.3. The monoisotopic (exact) mass is 283 g/mol. The molecule has 5 nitrogen and oxygen atoms in total. The lowest BCUT2D eigenvalue weighted by atomic mass is 10.2. The smallest absolute Gasteiger partial charge is 0.304 e. The number of anilines is 2. The van der Waals surface area contributed by atoms with Crippen molar-refractivity contribution in [1.82, 2.24) is 4.98 Å². The average Bonchev–Trinajstić information content (AvgIpc) is 2.49. The molecule has 108 valence electrons. The third-order valence-electron chi connectivity index (χ3n) is 2.95. The third kappa shape index (κ3) is 3.66. The van der Waals surface area contributed by atoms with Gasteiger partial charge in [0.25, 0.3) is 0 Å². The summed E-state index contributed by atoms with van der Waals surface area (Å²) in [7, 11) is 0. The van der Waals surface area contributed by atoms with Gasteiger partial charge in [-0.1, -0.05) is 24.3 Å². The van der Waals surface area contributed by atoms with Crippen molar-refractivity contribution in [2.75, 3.05) is 16.8 Å². The molecule has 21 heavy (non-hydrogen) atoms. The van der Waals surface area contributed by atoms with Crippen LogP contribution in [0.5, 0.6) is 0 Å². The van der Waals surface area contributed by atoms with E-state index in [1.54, 1.807) is 24.3 Å². The van der Waals surface area contributed by atoms with Crippen molar-refractivity contribution in [2.45, 2.75) is 13.8 Å². The van der Waals surface area contributed by atoms with Gasteiger partial charge in [-0.05, 0) is 38.1 Å². The number of pyridine rings is 1. The first-order chi connectivity index (χ1) is 10.1. The van der Waals surface area contributed by atoms with E-state index in [1.165, 1.54) is 4.90 Å². The van der Waals surface area contributed by atoms with E-state index in [-0.39, 0.29) is 0 Å². The van der Waals surface area contributed by atoms with Crippen molar-refractivity contribution in [1.29, 1.82) is 0 Å². The van der Waals surface area contributed by atoms with Gasteiger partial charge in [0.1, 0.15) is 5.82 Å². The maximum atomic E-state index is 12.3. The van der Waals surface area contributed by atoms with Crippen LogP contribution in [0, 0.1) is 6.92 Å². The van der Waals surface area contributed by atoms with Gasteiger partial charge in [0.15, 0.2) is 0 Å². The van der Waals surface area contributed by atoms with Gasteiger partial charge < -0.3 is 10.2 Å². The van der Waals surface area contributed by atoms with Crippen molar-refractivity contribution in [3.8, 4) is 0 Å². The molecule has 2 aromatic rings. The number of aryl methyl sites for hydroxylation is 1. The minimum atomic E-state index is -0.696. The Balaban J connectivity index is 2.13. The van der Waals surface area contributed by atoms with Gasteiger partial charge in [-0.2, -0.15) is 0 Å². The second kappa shape index (κ2) is 6.65. The van der Waals surface area contributed by atoms with E-state index in [0.29, 0.717) is 18.1 Å². The van der Waals surface area contributed by atoms with Gasteiger partial charge in [0.05, 0.1) is 0 Å². The van der Waals surface area contributed by atoms with Gasteiger partial charge in [-0.25, -0.2) is 4.98 Å². The molecule has 2 rings (SSSR count). The van der Waals surface area contributed by atoms with E-state index in [4.69, 9.17) is 0 Å². The quantitative estimate of drug-likeness (QED) is 0.880. The van der Waals surface area contributed by atoms with Gasteiger partial charge in [-0.15, -0.1) is 0 Å². The molecule has 1 heterocycles. The number of amides is 2. The van der Waals surface area contributed by atoms with Crippen molar-refractivity contribution in [3.05, 3.63) is 54.2 Å². The van der Waals surface area contributed by atoms with Crippen molar-refractivity contribution in [2.24, 2.45) is 0 Å². The van der Waals surface area contributed by atoms with Crippen LogP contribution in [0.4, 0.5) is 11.5 Å². The Morgan fingerprint density at radius 1 is 1.10 bits per heavy atom. The van der Waals surface area contributed by atoms with Crippen LogP contribution in [-0.2, 0) is 9.59 Å². The molecule has 1 aromatic heterocycles. The normalized spacial score (nSPS) is 10.0. The lowest BCUT2D eigenvalue weighted by molar-refractivity contribution is -0.134. The van der Waals surface area contributed by atoms with E-state index < -0.39 is 11.8 Å². The van der Waals surface area contributed by atoms with Crippen molar-refractivity contribution < 1.29 is 9.59 Å². The van der Waals surface area contributed by atoms with Crippen molar-refractivity contribution >= 4 is 23.3 Å². The van der Waals surface area contributed by atoms with Gasteiger partial charge >= 0.3 is 11.8 Å². The molecule has 2 amide bonds. The lowest BCUT2D eigenvalue weighted by Gasteiger charge is -2.20. The lowest BCUT2D eigenvalue weighted by Crippen LogP contribution is -2.39. The molecule has 0 aliphatic rings. The molecular weight excluding hydrogens is 266 g/mol. The van der Waals surface area contributed by atoms with Crippen LogP contribution >= 0.6 is 0 Å². The summed E-state index contributed by atoms with van der Waals surface area (Å²) < 4.78 is 0. The Kier molecular flexibility index (Phi) is 4.66. The third-order valence-corrected chi connectivity index (χ3v) is 2.95. The highest BCUT2D eigenvalue weighted by Gasteiger charge is 2.22. The summed E-state index contributed by atoms with van der Waals surface area (Å²) >= 11 is 0. The number of rotatable bonds is 3. The van der Waals surface area contributed by atoms with Crippen LogP contribution in [0.3, 0.4) is 0 Å². The summed E-state index contributed by atoms with van der Waals surface area (Å²) in [4.78, 5) is 29.9. The number of aromatic nitrogens is 1. The van der Waals surface area contributed by atoms with Gasteiger partial charge in [0, 0.05) is 17.9 Å². The predicted octanol–water partition coefficient (Wildman–Crippen LogP) is 2.38. The summed E-state index contributed by atoms with van der Waals surface area (Å²) in [5.41, 5.74) is 1.47. The van der Waals surface area contributed by atoms with Crippen LogP contribution in [0.1, 0.15) is 12.6 Å². The number of nitrogens with one attached hydrogen (secondary N) is 1. The van der Waals surface area contributed by atoms with E-state index in [2.05, 4.69) is 10.3 Å². The first kappa shape index (κ1) is 14.7. The minimum Gasteiger partial charge on any atom is -0.304 e. The number of benzene rings is 1. The zero-order valence-corrected chi connectivity index (χ0v) is 12.0. The molecule has 1 N–H and O–H groups in total. The molecule has 0 fully saturated rings. The van der Waals surface area contributed by atoms with E-state index in [1.807, 2.05) is 38.1 Å². The predicted molar refractivity (Wildman–Crippen MR) is 82.1 cm³/mol. The number of carbonyl (C=O) groups excluding carboxylic acids is 2. The average molecular weight is 283 g/mol. The largest absolute Gasteiger partial charge is 0.316 e. The first-order valence-electron chi connectivity index (χ1n) is 6.73. The number of nitrogens with zero attached hydrogens (tertiary/aromatic N) is 2. The van der Waals surface area contributed by atoms with Gasteiger partial charge in [0.2, 0.25) is 0 Å². The standard InChI is InChI=1S/C16H17N3O2/c1-3-19(13-9-5-4-6-10-13)16(21)15(20)18-14-11-7-8-12(2)17-14/h4-11H,3H2,1-2H3,(H,17,18,20). The SMILES string of the molecule is CCN(C(=O)C(=O)Nc1cccc(C)n1)c1ccccc1. The molecule has 0 spiro atoms. The van der Waals surface area contributed by atoms with Gasteiger partial charge in [-0.3, -0.25) is 9.59 Å². The number of carbonyl (C=O) groups is 2. The molecule has 0 aliphatic carbocycles. The van der Waals surface area contributed by atoms with E-state index >= 15 is 0 Å². The molecule has 0 radical (unpaired) electrons. The zero-order valence-electron chi connectivity index (χ0n) is 12.0. The number of likely N-dealkylation sites (N-methyl/N-ethyl adjacent to an activating group) is 1. The van der Waals surface area contributed by atoms with Crippen molar-refractivity contribution in [3.63, 3.8) is 0 Å². The zero-order chi connectivity index (χ0) is 15.2. The fourth-order valence-electron chi connectivity index (χ4n) is 1.96. The van der Waals surface area contributed by atoms with Crippen LogP contribution < -0.4 is 10.2 Å². The highest BCUT2D eigenvalue weighted by molar-refractivity contribution is 6.44. The number of hydrogen-bond donors (Lipinski definition) is 1.